The fraction of sp³-hybridized carbons (Fsp3) is 0.688. The van der Waals surface area contributed by atoms with Gasteiger partial charge in [-0.2, -0.15) is 0 Å². The van der Waals surface area contributed by atoms with Gasteiger partial charge in [0.05, 0.1) is 12.8 Å². The summed E-state index contributed by atoms with van der Waals surface area (Å²) in [6.45, 7) is 6.22. The zero-order valence-corrected chi connectivity index (χ0v) is 12.9. The number of rotatable bonds is 7. The number of nitrogens with zero attached hydrogens (tertiary/aromatic N) is 1. The predicted octanol–water partition coefficient (Wildman–Crippen LogP) is 1.94. The molecule has 5 heteroatoms. The van der Waals surface area contributed by atoms with Crippen LogP contribution in [0.3, 0.4) is 0 Å². The van der Waals surface area contributed by atoms with Gasteiger partial charge >= 0.3 is 0 Å². The summed E-state index contributed by atoms with van der Waals surface area (Å²) in [6.07, 6.45) is 3.70. The van der Waals surface area contributed by atoms with E-state index in [9.17, 15) is 9.90 Å². The normalized spacial score (nSPS) is 20.9. The highest BCUT2D eigenvalue weighted by Gasteiger charge is 2.29. The summed E-state index contributed by atoms with van der Waals surface area (Å²) in [5, 5.41) is 13.1. The van der Waals surface area contributed by atoms with E-state index in [0.717, 1.165) is 19.4 Å². The number of nitrogens with one attached hydrogen (secondary N) is 1. The van der Waals surface area contributed by atoms with Gasteiger partial charge in [-0.05, 0) is 43.9 Å². The fourth-order valence-corrected chi connectivity index (χ4v) is 2.78. The molecule has 21 heavy (non-hydrogen) atoms. The van der Waals surface area contributed by atoms with Crippen LogP contribution in [-0.2, 0) is 4.79 Å². The van der Waals surface area contributed by atoms with Crippen LogP contribution in [0.15, 0.2) is 22.8 Å². The number of likely N-dealkylation sites (tertiary alicyclic amines) is 1. The monoisotopic (exact) mass is 294 g/mol. The molecule has 1 aromatic rings. The number of furan rings is 1. The Morgan fingerprint density at radius 1 is 1.57 bits per heavy atom. The van der Waals surface area contributed by atoms with Gasteiger partial charge in [0.1, 0.15) is 11.9 Å². The van der Waals surface area contributed by atoms with E-state index in [0.29, 0.717) is 31.2 Å². The van der Waals surface area contributed by atoms with E-state index >= 15 is 0 Å². The van der Waals surface area contributed by atoms with Gasteiger partial charge in [0.2, 0.25) is 5.91 Å². The largest absolute Gasteiger partial charge is 0.467 e. The van der Waals surface area contributed by atoms with Crippen LogP contribution in [0.2, 0.25) is 0 Å². The summed E-state index contributed by atoms with van der Waals surface area (Å²) in [5.74, 6) is 1.14. The number of aliphatic hydroxyl groups excluding tert-OH is 1. The molecule has 2 atom stereocenters. The molecule has 0 bridgehead atoms. The van der Waals surface area contributed by atoms with E-state index in [1.54, 1.807) is 18.4 Å². The third-order valence-corrected chi connectivity index (χ3v) is 3.92. The maximum absolute atomic E-state index is 11.9. The Morgan fingerprint density at radius 2 is 2.38 bits per heavy atom. The molecule has 0 saturated carbocycles. The lowest BCUT2D eigenvalue weighted by Crippen LogP contribution is -2.41. The molecule has 2 N–H and O–H groups in total. The predicted molar refractivity (Wildman–Crippen MR) is 80.7 cm³/mol. The van der Waals surface area contributed by atoms with Crippen LogP contribution in [0, 0.1) is 5.92 Å². The number of aliphatic hydroxyl groups is 1. The molecule has 1 aliphatic rings. The van der Waals surface area contributed by atoms with Crippen molar-refractivity contribution in [1.82, 2.24) is 10.2 Å². The van der Waals surface area contributed by atoms with Crippen molar-refractivity contribution >= 4 is 5.91 Å². The lowest BCUT2D eigenvalue weighted by atomic mass is 10.1. The molecule has 2 rings (SSSR count). The first kappa shape index (κ1) is 16.0. The van der Waals surface area contributed by atoms with Crippen molar-refractivity contribution in [2.45, 2.75) is 45.3 Å². The molecule has 5 nitrogen and oxygen atoms in total. The number of carbonyl (C=O) groups excluding carboxylic acids is 1. The third-order valence-electron chi connectivity index (χ3n) is 3.92. The number of hydrogen-bond donors (Lipinski definition) is 2. The van der Waals surface area contributed by atoms with Gasteiger partial charge in [0, 0.05) is 12.6 Å². The maximum Gasteiger partial charge on any atom is 0.234 e. The van der Waals surface area contributed by atoms with Crippen LogP contribution in [0.25, 0.3) is 0 Å². The first-order chi connectivity index (χ1) is 10.1. The average Bonchev–Trinajstić information content (AvgIpc) is 3.08. The first-order valence-corrected chi connectivity index (χ1v) is 7.78. The minimum Gasteiger partial charge on any atom is -0.467 e. The lowest BCUT2D eigenvalue weighted by molar-refractivity contribution is -0.122. The molecular formula is C16H26N2O3. The Balaban J connectivity index is 1.81. The lowest BCUT2D eigenvalue weighted by Gasteiger charge is -2.25. The van der Waals surface area contributed by atoms with E-state index in [1.807, 2.05) is 0 Å². The molecule has 0 spiro atoms. The standard InChI is InChI=1S/C16H26N2O3/c1-12(2)10-17-16(20)11-18-7-3-5-13(18)9-14(19)15-6-4-8-21-15/h4,6,8,12-14,19H,3,5,7,9-11H2,1-2H3,(H,17,20). The van der Waals surface area contributed by atoms with Crippen LogP contribution >= 0.6 is 0 Å². The van der Waals surface area contributed by atoms with E-state index in [1.165, 1.54) is 0 Å². The van der Waals surface area contributed by atoms with Crippen molar-refractivity contribution in [3.63, 3.8) is 0 Å². The zero-order chi connectivity index (χ0) is 15.2. The Morgan fingerprint density at radius 3 is 3.05 bits per heavy atom. The van der Waals surface area contributed by atoms with Gasteiger partial charge in [-0.25, -0.2) is 0 Å². The van der Waals surface area contributed by atoms with Crippen LogP contribution in [0.4, 0.5) is 0 Å². The minimum atomic E-state index is -0.593. The molecular weight excluding hydrogens is 268 g/mol. The van der Waals surface area contributed by atoms with Crippen molar-refractivity contribution in [2.75, 3.05) is 19.6 Å². The number of carbonyl (C=O) groups is 1. The molecule has 1 aromatic heterocycles. The second-order valence-electron chi connectivity index (χ2n) is 6.23. The second-order valence-corrected chi connectivity index (χ2v) is 6.23. The Kier molecular flexibility index (Phi) is 5.82. The molecule has 1 fully saturated rings. The van der Waals surface area contributed by atoms with Crippen LogP contribution < -0.4 is 5.32 Å². The summed E-state index contributed by atoms with van der Waals surface area (Å²) in [7, 11) is 0. The van der Waals surface area contributed by atoms with Gasteiger partial charge < -0.3 is 14.8 Å². The van der Waals surface area contributed by atoms with E-state index in [2.05, 4.69) is 24.1 Å². The SMILES string of the molecule is CC(C)CNC(=O)CN1CCCC1CC(O)c1ccco1. The van der Waals surface area contributed by atoms with Crippen molar-refractivity contribution in [3.05, 3.63) is 24.2 Å². The molecule has 1 saturated heterocycles. The zero-order valence-electron chi connectivity index (χ0n) is 12.9. The Hall–Kier alpha value is -1.33. The van der Waals surface area contributed by atoms with Gasteiger partial charge in [0.15, 0.2) is 0 Å². The summed E-state index contributed by atoms with van der Waals surface area (Å²) < 4.78 is 5.24. The summed E-state index contributed by atoms with van der Waals surface area (Å²) in [4.78, 5) is 14.1. The number of amides is 1. The maximum atomic E-state index is 11.9. The second kappa shape index (κ2) is 7.61. The first-order valence-electron chi connectivity index (χ1n) is 7.78. The molecule has 2 heterocycles. The molecule has 2 unspecified atom stereocenters. The van der Waals surface area contributed by atoms with E-state index in [-0.39, 0.29) is 11.9 Å². The van der Waals surface area contributed by atoms with Crippen LogP contribution in [0.1, 0.15) is 45.0 Å². The summed E-state index contributed by atoms with van der Waals surface area (Å²) >= 11 is 0. The van der Waals surface area contributed by atoms with Crippen molar-refractivity contribution in [2.24, 2.45) is 5.92 Å². The van der Waals surface area contributed by atoms with Gasteiger partial charge in [-0.1, -0.05) is 13.8 Å². The topological polar surface area (TPSA) is 65.7 Å². The third kappa shape index (κ3) is 4.86. The molecule has 1 amide bonds. The summed E-state index contributed by atoms with van der Waals surface area (Å²) in [5.41, 5.74) is 0. The Bertz CT molecular complexity index is 431. The summed E-state index contributed by atoms with van der Waals surface area (Å²) in [6, 6.07) is 3.82. The molecule has 118 valence electrons. The molecule has 1 aliphatic heterocycles. The van der Waals surface area contributed by atoms with Crippen LogP contribution in [0.5, 0.6) is 0 Å². The van der Waals surface area contributed by atoms with Crippen molar-refractivity contribution < 1.29 is 14.3 Å². The van der Waals surface area contributed by atoms with E-state index < -0.39 is 6.10 Å². The molecule has 0 radical (unpaired) electrons. The van der Waals surface area contributed by atoms with Gasteiger partial charge in [0.25, 0.3) is 0 Å². The molecule has 0 aromatic carbocycles. The van der Waals surface area contributed by atoms with Crippen molar-refractivity contribution in [1.29, 1.82) is 0 Å². The fourth-order valence-electron chi connectivity index (χ4n) is 2.78. The van der Waals surface area contributed by atoms with Gasteiger partial charge in [-0.3, -0.25) is 9.69 Å². The van der Waals surface area contributed by atoms with Crippen molar-refractivity contribution in [3.8, 4) is 0 Å². The van der Waals surface area contributed by atoms with Gasteiger partial charge in [-0.15, -0.1) is 0 Å². The smallest absolute Gasteiger partial charge is 0.234 e. The average molecular weight is 294 g/mol. The van der Waals surface area contributed by atoms with E-state index in [4.69, 9.17) is 4.42 Å². The molecule has 0 aliphatic carbocycles. The highest BCUT2D eigenvalue weighted by atomic mass is 16.4. The highest BCUT2D eigenvalue weighted by molar-refractivity contribution is 5.78. The van der Waals surface area contributed by atoms with Crippen LogP contribution in [-0.4, -0.2) is 41.6 Å². The number of hydrogen-bond acceptors (Lipinski definition) is 4. The Labute approximate surface area is 126 Å². The quantitative estimate of drug-likeness (QED) is 0.806. The highest BCUT2D eigenvalue weighted by Crippen LogP contribution is 2.27. The minimum absolute atomic E-state index is 0.0723.